The van der Waals surface area contributed by atoms with Crippen LogP contribution in [0.1, 0.15) is 18.1 Å². The van der Waals surface area contributed by atoms with Crippen molar-refractivity contribution in [2.45, 2.75) is 20.8 Å². The zero-order valence-electron chi connectivity index (χ0n) is 8.87. The molecule has 2 nitrogen and oxygen atoms in total. The Hall–Kier alpha value is -1.49. The van der Waals surface area contributed by atoms with Crippen molar-refractivity contribution in [2.24, 2.45) is 5.92 Å². The second-order valence-electron chi connectivity index (χ2n) is 3.54. The zero-order chi connectivity index (χ0) is 10.6. The Morgan fingerprint density at radius 1 is 1.43 bits per heavy atom. The van der Waals surface area contributed by atoms with E-state index in [9.17, 15) is 0 Å². The van der Waals surface area contributed by atoms with E-state index in [1.807, 2.05) is 26.0 Å². The topological polar surface area (TPSA) is 33.0 Å². The van der Waals surface area contributed by atoms with E-state index in [0.29, 0.717) is 6.61 Å². The molecule has 0 saturated carbocycles. The molecule has 1 unspecified atom stereocenters. The Balaban J connectivity index is 2.69. The summed E-state index contributed by atoms with van der Waals surface area (Å²) < 4.78 is 5.55. The fourth-order valence-electron chi connectivity index (χ4n) is 1.13. The van der Waals surface area contributed by atoms with Crippen molar-refractivity contribution in [1.82, 2.24) is 0 Å². The SMILES string of the molecule is Cc1cccc(OCC(C)C#N)c1C. The summed E-state index contributed by atoms with van der Waals surface area (Å²) in [4.78, 5) is 0. The average Bonchev–Trinajstić information content (AvgIpc) is 2.20. The van der Waals surface area contributed by atoms with Gasteiger partial charge >= 0.3 is 0 Å². The second kappa shape index (κ2) is 4.66. The Bertz CT molecular complexity index is 352. The van der Waals surface area contributed by atoms with Crippen LogP contribution in [0.4, 0.5) is 0 Å². The molecule has 0 radical (unpaired) electrons. The summed E-state index contributed by atoms with van der Waals surface area (Å²) in [6.45, 7) is 6.39. The lowest BCUT2D eigenvalue weighted by Gasteiger charge is -2.11. The molecule has 0 fully saturated rings. The van der Waals surface area contributed by atoms with Crippen molar-refractivity contribution in [3.8, 4) is 11.8 Å². The monoisotopic (exact) mass is 189 g/mol. The Morgan fingerprint density at radius 2 is 2.14 bits per heavy atom. The summed E-state index contributed by atoms with van der Waals surface area (Å²) in [5, 5.41) is 8.61. The van der Waals surface area contributed by atoms with Crippen molar-refractivity contribution in [3.05, 3.63) is 29.3 Å². The van der Waals surface area contributed by atoms with E-state index < -0.39 is 0 Å². The molecule has 0 aromatic heterocycles. The summed E-state index contributed by atoms with van der Waals surface area (Å²) in [5.74, 6) is 0.821. The minimum absolute atomic E-state index is 0.0603. The molecule has 0 amide bonds. The fourth-order valence-corrected chi connectivity index (χ4v) is 1.13. The quantitative estimate of drug-likeness (QED) is 0.732. The van der Waals surface area contributed by atoms with Crippen molar-refractivity contribution < 1.29 is 4.74 Å². The van der Waals surface area contributed by atoms with Crippen LogP contribution < -0.4 is 4.74 Å². The first-order valence-corrected chi connectivity index (χ1v) is 4.73. The highest BCUT2D eigenvalue weighted by Gasteiger charge is 2.04. The van der Waals surface area contributed by atoms with Gasteiger partial charge in [-0.1, -0.05) is 12.1 Å². The van der Waals surface area contributed by atoms with Crippen LogP contribution in [0.5, 0.6) is 5.75 Å². The number of nitrogens with zero attached hydrogens (tertiary/aromatic N) is 1. The van der Waals surface area contributed by atoms with Crippen LogP contribution in [0.3, 0.4) is 0 Å². The molecular weight excluding hydrogens is 174 g/mol. The van der Waals surface area contributed by atoms with E-state index in [2.05, 4.69) is 19.1 Å². The average molecular weight is 189 g/mol. The molecule has 0 aliphatic rings. The Kier molecular flexibility index (Phi) is 3.53. The lowest BCUT2D eigenvalue weighted by atomic mass is 10.1. The summed E-state index contributed by atoms with van der Waals surface area (Å²) >= 11 is 0. The Morgan fingerprint density at radius 3 is 2.79 bits per heavy atom. The summed E-state index contributed by atoms with van der Waals surface area (Å²) in [6.07, 6.45) is 0. The van der Waals surface area contributed by atoms with Gasteiger partial charge in [0, 0.05) is 0 Å². The number of ether oxygens (including phenoxy) is 1. The molecule has 2 heteroatoms. The number of nitriles is 1. The summed E-state index contributed by atoms with van der Waals surface area (Å²) in [7, 11) is 0. The molecule has 14 heavy (non-hydrogen) atoms. The van der Waals surface area contributed by atoms with Crippen molar-refractivity contribution in [3.63, 3.8) is 0 Å². The van der Waals surface area contributed by atoms with E-state index in [1.54, 1.807) is 0 Å². The van der Waals surface area contributed by atoms with Crippen LogP contribution in [-0.2, 0) is 0 Å². The first-order valence-electron chi connectivity index (χ1n) is 4.73. The van der Waals surface area contributed by atoms with E-state index in [1.165, 1.54) is 5.56 Å². The molecule has 0 heterocycles. The molecule has 0 bridgehead atoms. The largest absolute Gasteiger partial charge is 0.492 e. The van der Waals surface area contributed by atoms with E-state index in [4.69, 9.17) is 10.00 Å². The third kappa shape index (κ3) is 2.50. The van der Waals surface area contributed by atoms with Gasteiger partial charge in [0.15, 0.2) is 0 Å². The highest BCUT2D eigenvalue weighted by atomic mass is 16.5. The standard InChI is InChI=1S/C12H15NO/c1-9(7-13)8-14-12-6-4-5-10(2)11(12)3/h4-6,9H,8H2,1-3H3. The maximum Gasteiger partial charge on any atom is 0.122 e. The summed E-state index contributed by atoms with van der Waals surface area (Å²) in [6, 6.07) is 8.10. The number of benzene rings is 1. The van der Waals surface area contributed by atoms with Gasteiger partial charge in [0.1, 0.15) is 12.4 Å². The van der Waals surface area contributed by atoms with Crippen LogP contribution in [0.2, 0.25) is 0 Å². The number of rotatable bonds is 3. The van der Waals surface area contributed by atoms with Crippen molar-refractivity contribution in [1.29, 1.82) is 5.26 Å². The molecular formula is C12H15NO. The lowest BCUT2D eigenvalue weighted by molar-refractivity contribution is 0.286. The second-order valence-corrected chi connectivity index (χ2v) is 3.54. The van der Waals surface area contributed by atoms with Crippen LogP contribution in [0.25, 0.3) is 0 Å². The maximum atomic E-state index is 8.61. The minimum Gasteiger partial charge on any atom is -0.492 e. The van der Waals surface area contributed by atoms with Crippen LogP contribution >= 0.6 is 0 Å². The van der Waals surface area contributed by atoms with Crippen LogP contribution in [0.15, 0.2) is 18.2 Å². The molecule has 1 aromatic carbocycles. The van der Waals surface area contributed by atoms with Gasteiger partial charge in [-0.25, -0.2) is 0 Å². The number of aryl methyl sites for hydroxylation is 1. The summed E-state index contributed by atoms with van der Waals surface area (Å²) in [5.41, 5.74) is 2.37. The molecule has 0 spiro atoms. The molecule has 74 valence electrons. The van der Waals surface area contributed by atoms with Gasteiger partial charge in [0.2, 0.25) is 0 Å². The third-order valence-corrected chi connectivity index (χ3v) is 2.26. The number of hydrogen-bond donors (Lipinski definition) is 0. The first kappa shape index (κ1) is 10.6. The zero-order valence-corrected chi connectivity index (χ0v) is 8.87. The normalized spacial score (nSPS) is 11.9. The Labute approximate surface area is 85.1 Å². The van der Waals surface area contributed by atoms with Crippen LogP contribution in [-0.4, -0.2) is 6.61 Å². The van der Waals surface area contributed by atoms with E-state index in [-0.39, 0.29) is 5.92 Å². The highest BCUT2D eigenvalue weighted by molar-refractivity contribution is 5.38. The number of hydrogen-bond acceptors (Lipinski definition) is 2. The fraction of sp³-hybridized carbons (Fsp3) is 0.417. The predicted molar refractivity (Wildman–Crippen MR) is 56.2 cm³/mol. The van der Waals surface area contributed by atoms with E-state index in [0.717, 1.165) is 11.3 Å². The predicted octanol–water partition coefficient (Wildman–Crippen LogP) is 2.84. The van der Waals surface area contributed by atoms with Crippen molar-refractivity contribution in [2.75, 3.05) is 6.61 Å². The van der Waals surface area contributed by atoms with E-state index >= 15 is 0 Å². The molecule has 1 aromatic rings. The minimum atomic E-state index is -0.0603. The molecule has 1 rings (SSSR count). The first-order chi connectivity index (χ1) is 6.65. The highest BCUT2D eigenvalue weighted by Crippen LogP contribution is 2.20. The third-order valence-electron chi connectivity index (χ3n) is 2.26. The smallest absolute Gasteiger partial charge is 0.122 e. The van der Waals surface area contributed by atoms with Gasteiger partial charge in [-0.15, -0.1) is 0 Å². The van der Waals surface area contributed by atoms with Gasteiger partial charge in [0.05, 0.1) is 12.0 Å². The van der Waals surface area contributed by atoms with Gasteiger partial charge in [-0.2, -0.15) is 5.26 Å². The molecule has 0 saturated heterocycles. The van der Waals surface area contributed by atoms with Crippen LogP contribution in [0, 0.1) is 31.1 Å². The molecule has 0 aliphatic heterocycles. The van der Waals surface area contributed by atoms with Crippen molar-refractivity contribution >= 4 is 0 Å². The van der Waals surface area contributed by atoms with Gasteiger partial charge in [-0.05, 0) is 38.0 Å². The molecule has 1 atom stereocenters. The molecule has 0 aliphatic carbocycles. The molecule has 0 N–H and O–H groups in total. The van der Waals surface area contributed by atoms with Gasteiger partial charge in [-0.3, -0.25) is 0 Å². The van der Waals surface area contributed by atoms with Gasteiger partial charge < -0.3 is 4.74 Å². The lowest BCUT2D eigenvalue weighted by Crippen LogP contribution is -2.07. The maximum absolute atomic E-state index is 8.61. The van der Waals surface area contributed by atoms with Gasteiger partial charge in [0.25, 0.3) is 0 Å².